The number of ketones is 1. The van der Waals surface area contributed by atoms with Crippen LogP contribution in [0, 0.1) is 0 Å². The van der Waals surface area contributed by atoms with E-state index in [0.717, 1.165) is 22.0 Å². The van der Waals surface area contributed by atoms with Crippen LogP contribution in [0.4, 0.5) is 0 Å². The monoisotopic (exact) mass is 276 g/mol. The van der Waals surface area contributed by atoms with Crippen molar-refractivity contribution in [2.24, 2.45) is 0 Å². The SMILES string of the molecule is O=C(CCl)NC1CC(=O)c2cccc3[nH]cc(c23)C1. The van der Waals surface area contributed by atoms with Crippen LogP contribution in [-0.4, -0.2) is 28.6 Å². The summed E-state index contributed by atoms with van der Waals surface area (Å²) in [4.78, 5) is 26.8. The van der Waals surface area contributed by atoms with Crippen molar-refractivity contribution < 1.29 is 9.59 Å². The van der Waals surface area contributed by atoms with Crippen LogP contribution in [0.1, 0.15) is 22.3 Å². The van der Waals surface area contributed by atoms with E-state index in [9.17, 15) is 9.59 Å². The van der Waals surface area contributed by atoms with Crippen LogP contribution in [0.2, 0.25) is 0 Å². The van der Waals surface area contributed by atoms with E-state index >= 15 is 0 Å². The van der Waals surface area contributed by atoms with Gasteiger partial charge in [-0.1, -0.05) is 12.1 Å². The van der Waals surface area contributed by atoms with Gasteiger partial charge in [0.15, 0.2) is 5.78 Å². The Bertz CT molecular complexity index is 663. The van der Waals surface area contributed by atoms with Gasteiger partial charge < -0.3 is 10.3 Å². The van der Waals surface area contributed by atoms with Gasteiger partial charge in [0.25, 0.3) is 0 Å². The second-order valence-electron chi connectivity index (χ2n) is 4.77. The highest BCUT2D eigenvalue weighted by atomic mass is 35.5. The molecule has 5 heteroatoms. The van der Waals surface area contributed by atoms with Gasteiger partial charge in [0.05, 0.1) is 0 Å². The van der Waals surface area contributed by atoms with Crippen molar-refractivity contribution in [3.63, 3.8) is 0 Å². The first kappa shape index (κ1) is 12.2. The number of Topliss-reactive ketones (excluding diaryl/α,β-unsaturated/α-hetero) is 1. The maximum Gasteiger partial charge on any atom is 0.235 e. The van der Waals surface area contributed by atoms with Crippen molar-refractivity contribution in [2.45, 2.75) is 18.9 Å². The van der Waals surface area contributed by atoms with Crippen molar-refractivity contribution in [1.29, 1.82) is 0 Å². The molecular formula is C14H13ClN2O2. The quantitative estimate of drug-likeness (QED) is 0.825. The summed E-state index contributed by atoms with van der Waals surface area (Å²) in [6.07, 6.45) is 2.87. The van der Waals surface area contributed by atoms with Gasteiger partial charge >= 0.3 is 0 Å². The van der Waals surface area contributed by atoms with Gasteiger partial charge in [0.2, 0.25) is 5.91 Å². The lowest BCUT2D eigenvalue weighted by atomic mass is 10.0. The van der Waals surface area contributed by atoms with Crippen LogP contribution < -0.4 is 5.32 Å². The number of aromatic nitrogens is 1. The van der Waals surface area contributed by atoms with E-state index in [2.05, 4.69) is 10.3 Å². The number of H-pyrrole nitrogens is 1. The number of rotatable bonds is 2. The van der Waals surface area contributed by atoms with Crippen molar-refractivity contribution in [3.8, 4) is 0 Å². The van der Waals surface area contributed by atoms with Crippen LogP contribution in [0.25, 0.3) is 10.9 Å². The molecule has 1 aromatic carbocycles. The predicted octanol–water partition coefficient (Wildman–Crippen LogP) is 2.02. The molecule has 4 nitrogen and oxygen atoms in total. The van der Waals surface area contributed by atoms with Crippen molar-refractivity contribution >= 4 is 34.2 Å². The fourth-order valence-corrected chi connectivity index (χ4v) is 2.77. The molecule has 0 aliphatic heterocycles. The van der Waals surface area contributed by atoms with Gasteiger partial charge in [-0.2, -0.15) is 0 Å². The molecule has 1 aliphatic carbocycles. The summed E-state index contributed by atoms with van der Waals surface area (Å²) in [6.45, 7) is 0. The van der Waals surface area contributed by atoms with Gasteiger partial charge in [0, 0.05) is 35.1 Å². The first-order valence-corrected chi connectivity index (χ1v) is 6.70. The molecule has 0 bridgehead atoms. The second kappa shape index (κ2) is 4.70. The molecule has 1 aromatic heterocycles. The smallest absolute Gasteiger partial charge is 0.235 e. The molecule has 1 unspecified atom stereocenters. The summed E-state index contributed by atoms with van der Waals surface area (Å²) < 4.78 is 0. The molecule has 1 aliphatic rings. The van der Waals surface area contributed by atoms with E-state index in [-0.39, 0.29) is 23.6 Å². The highest BCUT2D eigenvalue weighted by Crippen LogP contribution is 2.28. The zero-order valence-corrected chi connectivity index (χ0v) is 11.0. The topological polar surface area (TPSA) is 62.0 Å². The van der Waals surface area contributed by atoms with Crippen molar-refractivity contribution in [2.75, 3.05) is 5.88 Å². The number of alkyl halides is 1. The van der Waals surface area contributed by atoms with Gasteiger partial charge in [-0.15, -0.1) is 11.6 Å². The molecule has 1 amide bonds. The van der Waals surface area contributed by atoms with Crippen LogP contribution in [0.3, 0.4) is 0 Å². The number of benzene rings is 1. The van der Waals surface area contributed by atoms with Crippen LogP contribution in [0.15, 0.2) is 24.4 Å². The Balaban J connectivity index is 2.01. The Morgan fingerprint density at radius 1 is 1.42 bits per heavy atom. The maximum absolute atomic E-state index is 12.3. The minimum absolute atomic E-state index is 0.0591. The Hall–Kier alpha value is -1.81. The molecule has 0 fully saturated rings. The van der Waals surface area contributed by atoms with Crippen LogP contribution in [0.5, 0.6) is 0 Å². The van der Waals surface area contributed by atoms with Crippen LogP contribution in [-0.2, 0) is 11.2 Å². The van der Waals surface area contributed by atoms with Gasteiger partial charge in [-0.05, 0) is 18.1 Å². The Morgan fingerprint density at radius 2 is 2.26 bits per heavy atom. The molecule has 1 heterocycles. The molecule has 0 radical (unpaired) electrons. The minimum atomic E-state index is -0.239. The van der Waals surface area contributed by atoms with E-state index in [4.69, 9.17) is 11.6 Å². The fourth-order valence-electron chi connectivity index (χ4n) is 2.69. The fraction of sp³-hybridized carbons (Fsp3) is 0.286. The first-order valence-electron chi connectivity index (χ1n) is 6.16. The highest BCUT2D eigenvalue weighted by molar-refractivity contribution is 6.27. The lowest BCUT2D eigenvalue weighted by Crippen LogP contribution is -2.38. The average molecular weight is 277 g/mol. The van der Waals surface area contributed by atoms with Crippen molar-refractivity contribution in [1.82, 2.24) is 10.3 Å². The molecule has 0 saturated carbocycles. The molecule has 2 aromatic rings. The molecule has 3 rings (SSSR count). The third-order valence-corrected chi connectivity index (χ3v) is 3.72. The van der Waals surface area contributed by atoms with E-state index < -0.39 is 0 Å². The highest BCUT2D eigenvalue weighted by Gasteiger charge is 2.25. The molecule has 19 heavy (non-hydrogen) atoms. The van der Waals surface area contributed by atoms with Gasteiger partial charge in [-0.3, -0.25) is 9.59 Å². The number of aromatic amines is 1. The Kier molecular flexibility index (Phi) is 3.03. The average Bonchev–Trinajstić information content (AvgIpc) is 2.75. The number of hydrogen-bond acceptors (Lipinski definition) is 2. The van der Waals surface area contributed by atoms with Crippen LogP contribution >= 0.6 is 11.6 Å². The summed E-state index contributed by atoms with van der Waals surface area (Å²) >= 11 is 5.49. The lowest BCUT2D eigenvalue weighted by molar-refractivity contribution is -0.119. The third-order valence-electron chi connectivity index (χ3n) is 3.47. The number of carbonyl (C=O) groups excluding carboxylic acids is 2. The standard InChI is InChI=1S/C14H13ClN2O2/c15-6-13(19)17-9-4-8-7-16-11-3-1-2-10(14(8)11)12(18)5-9/h1-3,7,9,16H,4-6H2,(H,17,19). The second-order valence-corrected chi connectivity index (χ2v) is 5.04. The number of halogens is 1. The van der Waals surface area contributed by atoms with Crippen molar-refractivity contribution in [3.05, 3.63) is 35.5 Å². The molecular weight excluding hydrogens is 264 g/mol. The molecule has 0 spiro atoms. The predicted molar refractivity (Wildman–Crippen MR) is 73.6 cm³/mol. The van der Waals surface area contributed by atoms with E-state index in [0.29, 0.717) is 12.8 Å². The number of amides is 1. The Morgan fingerprint density at radius 3 is 3.05 bits per heavy atom. The molecule has 0 saturated heterocycles. The van der Waals surface area contributed by atoms with Gasteiger partial charge in [0.1, 0.15) is 5.88 Å². The molecule has 1 atom stereocenters. The summed E-state index contributed by atoms with van der Waals surface area (Å²) in [5, 5.41) is 3.78. The molecule has 98 valence electrons. The van der Waals surface area contributed by atoms with Gasteiger partial charge in [-0.25, -0.2) is 0 Å². The lowest BCUT2D eigenvalue weighted by Gasteiger charge is -2.14. The third kappa shape index (κ3) is 2.12. The normalized spacial score (nSPS) is 18.4. The number of carbonyl (C=O) groups is 2. The number of nitrogens with one attached hydrogen (secondary N) is 2. The zero-order valence-electron chi connectivity index (χ0n) is 10.2. The largest absolute Gasteiger partial charge is 0.361 e. The summed E-state index contributed by atoms with van der Waals surface area (Å²) in [5.41, 5.74) is 2.76. The summed E-state index contributed by atoms with van der Waals surface area (Å²) in [5.74, 6) is -0.263. The number of hydrogen-bond donors (Lipinski definition) is 2. The summed E-state index contributed by atoms with van der Waals surface area (Å²) in [6, 6.07) is 5.47. The maximum atomic E-state index is 12.3. The first-order chi connectivity index (χ1) is 9.19. The molecule has 2 N–H and O–H groups in total. The summed E-state index contributed by atoms with van der Waals surface area (Å²) in [7, 11) is 0. The minimum Gasteiger partial charge on any atom is -0.361 e. The Labute approximate surface area is 115 Å². The zero-order chi connectivity index (χ0) is 13.4. The van der Waals surface area contributed by atoms with E-state index in [1.807, 2.05) is 24.4 Å². The van der Waals surface area contributed by atoms with E-state index in [1.165, 1.54) is 0 Å². The van der Waals surface area contributed by atoms with E-state index in [1.54, 1.807) is 0 Å².